The summed E-state index contributed by atoms with van der Waals surface area (Å²) < 4.78 is 0.464. The lowest BCUT2D eigenvalue weighted by atomic mass is 10.2. The van der Waals surface area contributed by atoms with Gasteiger partial charge in [0.1, 0.15) is 16.0 Å². The van der Waals surface area contributed by atoms with E-state index in [9.17, 15) is 9.59 Å². The first-order valence-corrected chi connectivity index (χ1v) is 4.47. The van der Waals surface area contributed by atoms with Crippen molar-refractivity contribution < 1.29 is 14.7 Å². The summed E-state index contributed by atoms with van der Waals surface area (Å²) in [5.74, 6) is -1.45. The molecule has 1 amide bonds. The molecule has 0 bridgehead atoms. The van der Waals surface area contributed by atoms with Crippen LogP contribution in [0.3, 0.4) is 0 Å². The molecule has 0 saturated carbocycles. The minimum atomic E-state index is -1.13. The number of halogens is 1. The third-order valence-electron chi connectivity index (χ3n) is 1.39. The van der Waals surface area contributed by atoms with Crippen molar-refractivity contribution in [3.63, 3.8) is 0 Å². The molecule has 0 atom stereocenters. The highest BCUT2D eigenvalue weighted by molar-refractivity contribution is 9.10. The van der Waals surface area contributed by atoms with Crippen LogP contribution >= 0.6 is 15.9 Å². The topological polar surface area (TPSA) is 79.3 Å². The number of aromatic carboxylic acids is 1. The van der Waals surface area contributed by atoms with Crippen LogP contribution in [0.1, 0.15) is 17.3 Å². The molecule has 0 aromatic carbocycles. The van der Waals surface area contributed by atoms with Crippen molar-refractivity contribution in [2.75, 3.05) is 5.32 Å². The molecule has 2 N–H and O–H groups in total. The summed E-state index contributed by atoms with van der Waals surface area (Å²) >= 11 is 3.08. The molecule has 0 spiro atoms. The van der Waals surface area contributed by atoms with E-state index in [1.807, 2.05) is 0 Å². The lowest BCUT2D eigenvalue weighted by Crippen LogP contribution is -2.12. The second-order valence-corrected chi connectivity index (χ2v) is 3.33. The lowest BCUT2D eigenvalue weighted by Gasteiger charge is -2.05. The molecule has 0 saturated heterocycles. The molecule has 74 valence electrons. The first-order valence-electron chi connectivity index (χ1n) is 3.68. The van der Waals surface area contributed by atoms with Crippen molar-refractivity contribution >= 4 is 33.6 Å². The molecule has 1 rings (SSSR count). The average Bonchev–Trinajstić information content (AvgIpc) is 2.01. The molecular weight excluding hydrogens is 252 g/mol. The summed E-state index contributed by atoms with van der Waals surface area (Å²) in [7, 11) is 0. The Morgan fingerprint density at radius 1 is 1.50 bits per heavy atom. The standard InChI is InChI=1S/C8H7BrN2O3/c1-4(12)10-7-5(8(13)14)2-3-6(9)11-7/h2-3H,1H3,(H,13,14)(H,10,11,12). The highest BCUT2D eigenvalue weighted by Gasteiger charge is 2.12. The number of anilines is 1. The number of hydrogen-bond donors (Lipinski definition) is 2. The number of nitrogens with zero attached hydrogens (tertiary/aromatic N) is 1. The first-order chi connectivity index (χ1) is 6.50. The smallest absolute Gasteiger partial charge is 0.339 e. The molecule has 0 aliphatic heterocycles. The summed E-state index contributed by atoms with van der Waals surface area (Å²) in [4.78, 5) is 25.3. The summed E-state index contributed by atoms with van der Waals surface area (Å²) in [6.07, 6.45) is 0. The van der Waals surface area contributed by atoms with E-state index in [0.717, 1.165) is 0 Å². The highest BCUT2D eigenvalue weighted by Crippen LogP contribution is 2.16. The average molecular weight is 259 g/mol. The SMILES string of the molecule is CC(=O)Nc1nc(Br)ccc1C(=O)O. The first kappa shape index (κ1) is 10.6. The van der Waals surface area contributed by atoms with Gasteiger partial charge in [-0.05, 0) is 28.1 Å². The molecule has 0 radical (unpaired) electrons. The number of carboxylic acid groups (broad SMARTS) is 1. The Kier molecular flexibility index (Phi) is 3.19. The van der Waals surface area contributed by atoms with Gasteiger partial charge in [-0.2, -0.15) is 0 Å². The van der Waals surface area contributed by atoms with E-state index in [4.69, 9.17) is 5.11 Å². The minimum absolute atomic E-state index is 0.0385. The van der Waals surface area contributed by atoms with Gasteiger partial charge in [0, 0.05) is 6.92 Å². The third-order valence-corrected chi connectivity index (χ3v) is 1.83. The Morgan fingerprint density at radius 3 is 2.64 bits per heavy atom. The third kappa shape index (κ3) is 2.53. The molecule has 0 fully saturated rings. The van der Waals surface area contributed by atoms with E-state index in [1.165, 1.54) is 19.1 Å². The zero-order valence-electron chi connectivity index (χ0n) is 7.24. The fourth-order valence-electron chi connectivity index (χ4n) is 0.870. The maximum absolute atomic E-state index is 10.7. The number of amides is 1. The predicted octanol–water partition coefficient (Wildman–Crippen LogP) is 1.50. The number of nitrogens with one attached hydrogen (secondary N) is 1. The van der Waals surface area contributed by atoms with Gasteiger partial charge in [-0.15, -0.1) is 0 Å². The van der Waals surface area contributed by atoms with Crippen LogP contribution in [-0.4, -0.2) is 22.0 Å². The zero-order chi connectivity index (χ0) is 10.7. The maximum Gasteiger partial charge on any atom is 0.339 e. The maximum atomic E-state index is 10.7. The van der Waals surface area contributed by atoms with Crippen molar-refractivity contribution in [2.45, 2.75) is 6.92 Å². The molecule has 1 aromatic heterocycles. The molecular formula is C8H7BrN2O3. The Labute approximate surface area is 88.3 Å². The minimum Gasteiger partial charge on any atom is -0.478 e. The van der Waals surface area contributed by atoms with Gasteiger partial charge in [0.2, 0.25) is 5.91 Å². The van der Waals surface area contributed by atoms with Crippen LogP contribution in [0.4, 0.5) is 5.82 Å². The van der Waals surface area contributed by atoms with Gasteiger partial charge in [0.05, 0.1) is 0 Å². The van der Waals surface area contributed by atoms with Gasteiger partial charge in [-0.1, -0.05) is 0 Å². The molecule has 0 unspecified atom stereocenters. The van der Waals surface area contributed by atoms with E-state index < -0.39 is 5.97 Å². The Morgan fingerprint density at radius 2 is 2.14 bits per heavy atom. The van der Waals surface area contributed by atoms with Gasteiger partial charge >= 0.3 is 5.97 Å². The van der Waals surface area contributed by atoms with Gasteiger partial charge in [-0.3, -0.25) is 4.79 Å². The van der Waals surface area contributed by atoms with E-state index in [1.54, 1.807) is 0 Å². The second kappa shape index (κ2) is 4.19. The van der Waals surface area contributed by atoms with Crippen molar-refractivity contribution in [3.05, 3.63) is 22.3 Å². The van der Waals surface area contributed by atoms with Crippen LogP contribution < -0.4 is 5.32 Å². The van der Waals surface area contributed by atoms with Crippen molar-refractivity contribution in [2.24, 2.45) is 0 Å². The van der Waals surface area contributed by atoms with Gasteiger partial charge in [0.15, 0.2) is 0 Å². The number of carbonyl (C=O) groups is 2. The van der Waals surface area contributed by atoms with Gasteiger partial charge in [-0.25, -0.2) is 9.78 Å². The molecule has 14 heavy (non-hydrogen) atoms. The number of aromatic nitrogens is 1. The zero-order valence-corrected chi connectivity index (χ0v) is 8.83. The highest BCUT2D eigenvalue weighted by atomic mass is 79.9. The van der Waals surface area contributed by atoms with Crippen LogP contribution in [0, 0.1) is 0 Å². The van der Waals surface area contributed by atoms with Crippen molar-refractivity contribution in [3.8, 4) is 0 Å². The van der Waals surface area contributed by atoms with Crippen LogP contribution in [0.5, 0.6) is 0 Å². The number of carboxylic acids is 1. The van der Waals surface area contributed by atoms with Crippen LogP contribution in [0.25, 0.3) is 0 Å². The summed E-state index contributed by atoms with van der Waals surface area (Å²) in [5, 5.41) is 11.1. The van der Waals surface area contributed by atoms with Gasteiger partial charge < -0.3 is 10.4 Å². The number of hydrogen-bond acceptors (Lipinski definition) is 3. The Hall–Kier alpha value is -1.43. The van der Waals surface area contributed by atoms with Crippen LogP contribution in [0.2, 0.25) is 0 Å². The Bertz CT molecular complexity index is 392. The molecule has 5 nitrogen and oxygen atoms in total. The van der Waals surface area contributed by atoms with Crippen LogP contribution in [0.15, 0.2) is 16.7 Å². The molecule has 1 heterocycles. The fraction of sp³-hybridized carbons (Fsp3) is 0.125. The number of pyridine rings is 1. The summed E-state index contributed by atoms with van der Waals surface area (Å²) in [6, 6.07) is 2.86. The number of carbonyl (C=O) groups excluding carboxylic acids is 1. The van der Waals surface area contributed by atoms with Crippen molar-refractivity contribution in [1.29, 1.82) is 0 Å². The predicted molar refractivity (Wildman–Crippen MR) is 53.2 cm³/mol. The van der Waals surface area contributed by atoms with E-state index in [-0.39, 0.29) is 17.3 Å². The molecule has 6 heteroatoms. The fourth-order valence-corrected chi connectivity index (χ4v) is 1.18. The molecule has 0 aliphatic carbocycles. The van der Waals surface area contributed by atoms with E-state index >= 15 is 0 Å². The largest absolute Gasteiger partial charge is 0.478 e. The summed E-state index contributed by atoms with van der Waals surface area (Å²) in [5.41, 5.74) is -0.0385. The van der Waals surface area contributed by atoms with Crippen molar-refractivity contribution in [1.82, 2.24) is 4.98 Å². The molecule has 1 aromatic rings. The lowest BCUT2D eigenvalue weighted by molar-refractivity contribution is -0.114. The monoisotopic (exact) mass is 258 g/mol. The second-order valence-electron chi connectivity index (χ2n) is 2.52. The van der Waals surface area contributed by atoms with E-state index in [0.29, 0.717) is 4.60 Å². The van der Waals surface area contributed by atoms with E-state index in [2.05, 4.69) is 26.2 Å². The van der Waals surface area contributed by atoms with Crippen LogP contribution in [-0.2, 0) is 4.79 Å². The molecule has 0 aliphatic rings. The quantitative estimate of drug-likeness (QED) is 0.789. The van der Waals surface area contributed by atoms with Gasteiger partial charge in [0.25, 0.3) is 0 Å². The number of rotatable bonds is 2. The Balaban J connectivity index is 3.15. The summed E-state index contributed by atoms with van der Waals surface area (Å²) in [6.45, 7) is 1.29. The normalized spacial score (nSPS) is 9.57.